The molecule has 3 rings (SSSR count). The van der Waals surface area contributed by atoms with E-state index in [9.17, 15) is 4.79 Å². The molecule has 0 saturated carbocycles. The van der Waals surface area contributed by atoms with Gasteiger partial charge >= 0.3 is 0 Å². The summed E-state index contributed by atoms with van der Waals surface area (Å²) in [5.74, 6) is 1.82. The van der Waals surface area contributed by atoms with Crippen molar-refractivity contribution in [3.63, 3.8) is 0 Å². The van der Waals surface area contributed by atoms with Gasteiger partial charge in [-0.1, -0.05) is 112 Å². The first-order chi connectivity index (χ1) is 17.7. The van der Waals surface area contributed by atoms with Crippen LogP contribution in [0.4, 0.5) is 0 Å². The molecule has 0 aliphatic carbocycles. The number of hydrogen-bond donors (Lipinski definition) is 0. The van der Waals surface area contributed by atoms with Gasteiger partial charge in [0, 0.05) is 5.56 Å². The van der Waals surface area contributed by atoms with Crippen LogP contribution in [-0.4, -0.2) is 19.0 Å². The van der Waals surface area contributed by atoms with Crippen LogP contribution in [0.1, 0.15) is 72.9 Å². The molecule has 0 bridgehead atoms. The third-order valence-corrected chi connectivity index (χ3v) is 6.06. The topological polar surface area (TPSA) is 35.5 Å². The van der Waals surface area contributed by atoms with Crippen molar-refractivity contribution in [1.82, 2.24) is 0 Å². The lowest BCUT2D eigenvalue weighted by Gasteiger charge is -2.07. The second-order valence-corrected chi connectivity index (χ2v) is 8.93. The SMILES string of the molecule is C=Cc1ccc(OCCCCCCCCCCOc2ccc(C=CC(=O)c3ccccc3)cc2)cc1. The summed E-state index contributed by atoms with van der Waals surface area (Å²) in [5.41, 5.74) is 2.80. The number of rotatable bonds is 17. The first-order valence-electron chi connectivity index (χ1n) is 13.1. The van der Waals surface area contributed by atoms with Gasteiger partial charge in [0.1, 0.15) is 11.5 Å². The maximum Gasteiger partial charge on any atom is 0.185 e. The Bertz CT molecular complexity index is 1050. The highest BCUT2D eigenvalue weighted by atomic mass is 16.5. The van der Waals surface area contributed by atoms with Gasteiger partial charge in [0.25, 0.3) is 0 Å². The maximum absolute atomic E-state index is 12.2. The van der Waals surface area contributed by atoms with Crippen molar-refractivity contribution in [3.05, 3.63) is 108 Å². The number of carbonyl (C=O) groups excluding carboxylic acids is 1. The number of ketones is 1. The molecule has 3 heteroatoms. The molecule has 0 radical (unpaired) electrons. The molecule has 3 nitrogen and oxygen atoms in total. The van der Waals surface area contributed by atoms with E-state index in [0.717, 1.165) is 48.7 Å². The van der Waals surface area contributed by atoms with Crippen molar-refractivity contribution < 1.29 is 14.3 Å². The molecule has 188 valence electrons. The van der Waals surface area contributed by atoms with Crippen LogP contribution < -0.4 is 9.47 Å². The fraction of sp³-hybridized carbons (Fsp3) is 0.303. The van der Waals surface area contributed by atoms with Gasteiger partial charge < -0.3 is 9.47 Å². The number of unbranched alkanes of at least 4 members (excludes halogenated alkanes) is 7. The Morgan fingerprint density at radius 2 is 1.08 bits per heavy atom. The maximum atomic E-state index is 12.2. The Kier molecular flexibility index (Phi) is 12.1. The van der Waals surface area contributed by atoms with E-state index >= 15 is 0 Å². The number of ether oxygens (including phenoxy) is 2. The van der Waals surface area contributed by atoms with Crippen LogP contribution in [0.3, 0.4) is 0 Å². The van der Waals surface area contributed by atoms with Crippen LogP contribution >= 0.6 is 0 Å². The minimum absolute atomic E-state index is 0.00996. The molecule has 0 N–H and O–H groups in total. The summed E-state index contributed by atoms with van der Waals surface area (Å²) >= 11 is 0. The molecule has 0 unspecified atom stereocenters. The highest BCUT2D eigenvalue weighted by Crippen LogP contribution is 2.16. The van der Waals surface area contributed by atoms with Gasteiger partial charge in [-0.05, 0) is 54.3 Å². The molecular formula is C33H38O3. The van der Waals surface area contributed by atoms with E-state index in [-0.39, 0.29) is 5.78 Å². The standard InChI is InChI=1S/C33H38O3/c1-2-28-16-21-31(22-17-28)35-26-12-7-5-3-4-6-8-13-27-36-32-23-18-29(19-24-32)20-25-33(34)30-14-10-9-11-15-30/h2,9-11,14-25H,1,3-8,12-13,26-27H2. The van der Waals surface area contributed by atoms with E-state index in [2.05, 4.69) is 6.58 Å². The predicted molar refractivity (Wildman–Crippen MR) is 151 cm³/mol. The van der Waals surface area contributed by atoms with Crippen molar-refractivity contribution in [2.24, 2.45) is 0 Å². The molecule has 0 amide bonds. The van der Waals surface area contributed by atoms with Crippen molar-refractivity contribution in [2.45, 2.75) is 51.4 Å². The van der Waals surface area contributed by atoms with Gasteiger partial charge in [-0.3, -0.25) is 4.79 Å². The summed E-state index contributed by atoms with van der Waals surface area (Å²) in [6.45, 7) is 5.30. The first kappa shape index (κ1) is 27.0. The fourth-order valence-electron chi connectivity index (χ4n) is 3.89. The van der Waals surface area contributed by atoms with E-state index < -0.39 is 0 Å². The van der Waals surface area contributed by atoms with Gasteiger partial charge in [0.2, 0.25) is 0 Å². The fourth-order valence-corrected chi connectivity index (χ4v) is 3.89. The second kappa shape index (κ2) is 16.1. The lowest BCUT2D eigenvalue weighted by Crippen LogP contribution is -1.98. The quantitative estimate of drug-likeness (QED) is 0.110. The zero-order chi connectivity index (χ0) is 25.3. The van der Waals surface area contributed by atoms with Gasteiger partial charge in [-0.2, -0.15) is 0 Å². The Balaban J connectivity index is 1.16. The van der Waals surface area contributed by atoms with E-state index in [1.54, 1.807) is 6.08 Å². The highest BCUT2D eigenvalue weighted by Gasteiger charge is 2.00. The highest BCUT2D eigenvalue weighted by molar-refractivity contribution is 6.06. The molecule has 0 saturated heterocycles. The lowest BCUT2D eigenvalue weighted by atomic mass is 10.1. The van der Waals surface area contributed by atoms with E-state index in [4.69, 9.17) is 9.47 Å². The van der Waals surface area contributed by atoms with Crippen LogP contribution in [0.25, 0.3) is 12.2 Å². The summed E-state index contributed by atoms with van der Waals surface area (Å²) in [7, 11) is 0. The van der Waals surface area contributed by atoms with Crippen molar-refractivity contribution in [2.75, 3.05) is 13.2 Å². The molecule has 0 aromatic heterocycles. The average molecular weight is 483 g/mol. The third-order valence-electron chi connectivity index (χ3n) is 6.06. The molecule has 3 aromatic carbocycles. The van der Waals surface area contributed by atoms with Gasteiger partial charge in [-0.15, -0.1) is 0 Å². The minimum atomic E-state index is 0.00996. The first-order valence-corrected chi connectivity index (χ1v) is 13.1. The number of hydrogen-bond acceptors (Lipinski definition) is 3. The monoisotopic (exact) mass is 482 g/mol. The van der Waals surface area contributed by atoms with Crippen LogP contribution in [0.15, 0.2) is 91.5 Å². The normalized spacial score (nSPS) is 10.9. The summed E-state index contributed by atoms with van der Waals surface area (Å²) < 4.78 is 11.7. The van der Waals surface area contributed by atoms with Crippen molar-refractivity contribution in [3.8, 4) is 11.5 Å². The molecule has 0 spiro atoms. The Labute approximate surface area is 216 Å². The molecule has 36 heavy (non-hydrogen) atoms. The average Bonchev–Trinajstić information content (AvgIpc) is 2.93. The summed E-state index contributed by atoms with van der Waals surface area (Å²) in [6, 6.07) is 25.3. The van der Waals surface area contributed by atoms with Gasteiger partial charge in [0.15, 0.2) is 5.78 Å². The predicted octanol–water partition coefficient (Wildman–Crippen LogP) is 8.80. The molecule has 0 heterocycles. The Morgan fingerprint density at radius 1 is 0.611 bits per heavy atom. The van der Waals surface area contributed by atoms with Crippen LogP contribution in [-0.2, 0) is 0 Å². The molecule has 3 aromatic rings. The summed E-state index contributed by atoms with van der Waals surface area (Å²) in [6.07, 6.45) is 15.0. The van der Waals surface area contributed by atoms with Crippen LogP contribution in [0.5, 0.6) is 11.5 Å². The second-order valence-electron chi connectivity index (χ2n) is 8.93. The van der Waals surface area contributed by atoms with E-state index in [1.165, 1.54) is 38.5 Å². The van der Waals surface area contributed by atoms with Gasteiger partial charge in [0.05, 0.1) is 13.2 Å². The summed E-state index contributed by atoms with van der Waals surface area (Å²) in [5, 5.41) is 0. The minimum Gasteiger partial charge on any atom is -0.494 e. The molecule has 0 fully saturated rings. The van der Waals surface area contributed by atoms with Crippen molar-refractivity contribution in [1.29, 1.82) is 0 Å². The van der Waals surface area contributed by atoms with Gasteiger partial charge in [-0.25, -0.2) is 0 Å². The third kappa shape index (κ3) is 10.4. The van der Waals surface area contributed by atoms with Crippen LogP contribution in [0.2, 0.25) is 0 Å². The molecule has 0 aliphatic rings. The van der Waals surface area contributed by atoms with E-state index in [0.29, 0.717) is 5.56 Å². The number of allylic oxidation sites excluding steroid dienone is 1. The summed E-state index contributed by atoms with van der Waals surface area (Å²) in [4.78, 5) is 12.2. The zero-order valence-electron chi connectivity index (χ0n) is 21.2. The largest absolute Gasteiger partial charge is 0.494 e. The van der Waals surface area contributed by atoms with E-state index in [1.807, 2.05) is 91.0 Å². The Hall–Kier alpha value is -3.59. The Morgan fingerprint density at radius 3 is 1.58 bits per heavy atom. The lowest BCUT2D eigenvalue weighted by molar-refractivity contribution is 0.104. The molecular weight excluding hydrogens is 444 g/mol. The molecule has 0 aliphatic heterocycles. The number of benzene rings is 3. The van der Waals surface area contributed by atoms with Crippen molar-refractivity contribution >= 4 is 17.9 Å². The smallest absolute Gasteiger partial charge is 0.185 e. The zero-order valence-corrected chi connectivity index (χ0v) is 21.2. The number of carbonyl (C=O) groups is 1. The molecule has 0 atom stereocenters. The van der Waals surface area contributed by atoms with Crippen LogP contribution in [0, 0.1) is 0 Å².